The number of benzene rings is 1. The van der Waals surface area contributed by atoms with E-state index in [9.17, 15) is 22.8 Å². The third-order valence-corrected chi connectivity index (χ3v) is 3.26. The summed E-state index contributed by atoms with van der Waals surface area (Å²) < 4.78 is 44.7. The molecular formula is C16H15F3N2O3. The van der Waals surface area contributed by atoms with Crippen LogP contribution in [0, 0.1) is 17.5 Å². The summed E-state index contributed by atoms with van der Waals surface area (Å²) in [5.41, 5.74) is -0.508. The molecule has 128 valence electrons. The van der Waals surface area contributed by atoms with Gasteiger partial charge in [0.2, 0.25) is 5.91 Å². The Morgan fingerprint density at radius 2 is 1.83 bits per heavy atom. The zero-order valence-electron chi connectivity index (χ0n) is 13.0. The number of carbonyl (C=O) groups excluding carboxylic acids is 2. The van der Waals surface area contributed by atoms with Gasteiger partial charge in [0.1, 0.15) is 5.76 Å². The van der Waals surface area contributed by atoms with Crippen LogP contribution in [-0.4, -0.2) is 30.3 Å². The minimum Gasteiger partial charge on any atom is -0.456 e. The van der Waals surface area contributed by atoms with Gasteiger partial charge in [-0.1, -0.05) is 6.92 Å². The fourth-order valence-electron chi connectivity index (χ4n) is 1.97. The van der Waals surface area contributed by atoms with E-state index in [0.29, 0.717) is 18.2 Å². The van der Waals surface area contributed by atoms with Crippen molar-refractivity contribution in [3.05, 3.63) is 53.2 Å². The minimum absolute atomic E-state index is 0.0705. The SMILES string of the molecule is CCc1ccc(C(=O)N(C)CC(=O)Nc2ccc(F)c(F)c2F)o1. The molecule has 2 aromatic rings. The predicted octanol–water partition coefficient (Wildman–Crippen LogP) is 2.97. The van der Waals surface area contributed by atoms with Crippen LogP contribution in [0.1, 0.15) is 23.2 Å². The molecule has 0 spiro atoms. The second-order valence-electron chi connectivity index (χ2n) is 5.05. The molecule has 2 amide bonds. The van der Waals surface area contributed by atoms with Crippen molar-refractivity contribution < 1.29 is 27.2 Å². The zero-order valence-corrected chi connectivity index (χ0v) is 13.0. The molecule has 24 heavy (non-hydrogen) atoms. The lowest BCUT2D eigenvalue weighted by atomic mass is 10.2. The summed E-state index contributed by atoms with van der Waals surface area (Å²) in [6.45, 7) is 1.44. The quantitative estimate of drug-likeness (QED) is 0.851. The van der Waals surface area contributed by atoms with Crippen LogP contribution >= 0.6 is 0 Å². The number of hydrogen-bond acceptors (Lipinski definition) is 3. The maximum atomic E-state index is 13.5. The molecule has 8 heteroatoms. The number of hydrogen-bond donors (Lipinski definition) is 1. The molecule has 1 aromatic heterocycles. The molecule has 1 heterocycles. The number of nitrogens with zero attached hydrogens (tertiary/aromatic N) is 1. The number of furan rings is 1. The number of rotatable bonds is 5. The average molecular weight is 340 g/mol. The second kappa shape index (κ2) is 7.20. The van der Waals surface area contributed by atoms with Gasteiger partial charge in [0.25, 0.3) is 5.91 Å². The molecular weight excluding hydrogens is 325 g/mol. The van der Waals surface area contributed by atoms with Gasteiger partial charge in [-0.2, -0.15) is 0 Å². The third-order valence-electron chi connectivity index (χ3n) is 3.26. The van der Waals surface area contributed by atoms with Crippen molar-refractivity contribution in [1.29, 1.82) is 0 Å². The van der Waals surface area contributed by atoms with Gasteiger partial charge >= 0.3 is 0 Å². The maximum Gasteiger partial charge on any atom is 0.289 e. The van der Waals surface area contributed by atoms with Gasteiger partial charge in [-0.05, 0) is 24.3 Å². The lowest BCUT2D eigenvalue weighted by Crippen LogP contribution is -2.35. The van der Waals surface area contributed by atoms with E-state index in [-0.39, 0.29) is 5.76 Å². The number of halogens is 3. The summed E-state index contributed by atoms with van der Waals surface area (Å²) in [4.78, 5) is 25.0. The van der Waals surface area contributed by atoms with Gasteiger partial charge in [-0.25, -0.2) is 13.2 Å². The number of carbonyl (C=O) groups is 2. The van der Waals surface area contributed by atoms with Gasteiger partial charge in [0.15, 0.2) is 23.2 Å². The number of nitrogens with one attached hydrogen (secondary N) is 1. The molecule has 0 aliphatic heterocycles. The summed E-state index contributed by atoms with van der Waals surface area (Å²) in [7, 11) is 1.36. The smallest absolute Gasteiger partial charge is 0.289 e. The van der Waals surface area contributed by atoms with E-state index in [1.807, 2.05) is 6.92 Å². The molecule has 0 aliphatic carbocycles. The molecule has 0 saturated heterocycles. The highest BCUT2D eigenvalue weighted by atomic mass is 19.2. The number of anilines is 1. The first-order valence-corrected chi connectivity index (χ1v) is 7.11. The van der Waals surface area contributed by atoms with E-state index in [1.54, 1.807) is 6.07 Å². The molecule has 1 N–H and O–H groups in total. The van der Waals surface area contributed by atoms with Gasteiger partial charge in [0.05, 0.1) is 12.2 Å². The van der Waals surface area contributed by atoms with Crippen molar-refractivity contribution in [2.75, 3.05) is 18.9 Å². The molecule has 2 rings (SSSR count). The van der Waals surface area contributed by atoms with Crippen LogP contribution in [0.2, 0.25) is 0 Å². The maximum absolute atomic E-state index is 13.5. The minimum atomic E-state index is -1.68. The molecule has 0 radical (unpaired) electrons. The normalized spacial score (nSPS) is 10.5. The highest BCUT2D eigenvalue weighted by Gasteiger charge is 2.20. The Kier molecular flexibility index (Phi) is 5.28. The number of amides is 2. The second-order valence-corrected chi connectivity index (χ2v) is 5.05. The molecule has 0 atom stereocenters. The topological polar surface area (TPSA) is 62.6 Å². The molecule has 0 fully saturated rings. The Morgan fingerprint density at radius 1 is 1.12 bits per heavy atom. The third kappa shape index (κ3) is 3.76. The fourth-order valence-corrected chi connectivity index (χ4v) is 1.97. The molecule has 0 bridgehead atoms. The first-order valence-electron chi connectivity index (χ1n) is 7.11. The lowest BCUT2D eigenvalue weighted by molar-refractivity contribution is -0.116. The monoisotopic (exact) mass is 340 g/mol. The zero-order chi connectivity index (χ0) is 17.9. The highest BCUT2D eigenvalue weighted by Crippen LogP contribution is 2.19. The van der Waals surface area contributed by atoms with Crippen molar-refractivity contribution in [2.45, 2.75) is 13.3 Å². The van der Waals surface area contributed by atoms with Crippen molar-refractivity contribution in [1.82, 2.24) is 4.90 Å². The highest BCUT2D eigenvalue weighted by molar-refractivity contribution is 5.98. The van der Waals surface area contributed by atoms with Crippen LogP contribution < -0.4 is 5.32 Å². The fraction of sp³-hybridized carbons (Fsp3) is 0.250. The molecule has 0 aliphatic rings. The van der Waals surface area contributed by atoms with Crippen LogP contribution in [0.3, 0.4) is 0 Å². The van der Waals surface area contributed by atoms with E-state index < -0.39 is 41.5 Å². The largest absolute Gasteiger partial charge is 0.456 e. The van der Waals surface area contributed by atoms with Crippen molar-refractivity contribution >= 4 is 17.5 Å². The van der Waals surface area contributed by atoms with Gasteiger partial charge < -0.3 is 14.6 Å². The van der Waals surface area contributed by atoms with E-state index in [4.69, 9.17) is 4.42 Å². The standard InChI is InChI=1S/C16H15F3N2O3/c1-3-9-4-7-12(24-9)16(23)21(2)8-13(22)20-11-6-5-10(17)14(18)15(11)19/h4-7H,3,8H2,1-2H3,(H,20,22). The summed E-state index contributed by atoms with van der Waals surface area (Å²) in [5, 5.41) is 2.09. The van der Waals surface area contributed by atoms with Gasteiger partial charge in [-0.15, -0.1) is 0 Å². The summed E-state index contributed by atoms with van der Waals surface area (Å²) in [6, 6.07) is 4.73. The Hall–Kier alpha value is -2.77. The number of likely N-dealkylation sites (N-methyl/N-ethyl adjacent to an activating group) is 1. The summed E-state index contributed by atoms with van der Waals surface area (Å²) >= 11 is 0. The van der Waals surface area contributed by atoms with Crippen LogP contribution in [0.4, 0.5) is 18.9 Å². The van der Waals surface area contributed by atoms with E-state index in [1.165, 1.54) is 13.1 Å². The molecule has 0 saturated carbocycles. The van der Waals surface area contributed by atoms with Crippen LogP contribution in [0.15, 0.2) is 28.7 Å². The Bertz CT molecular complexity index is 774. The van der Waals surface area contributed by atoms with E-state index in [2.05, 4.69) is 5.32 Å². The van der Waals surface area contributed by atoms with Crippen LogP contribution in [0.5, 0.6) is 0 Å². The average Bonchev–Trinajstić information content (AvgIpc) is 3.03. The first kappa shape index (κ1) is 17.6. The van der Waals surface area contributed by atoms with Crippen LogP contribution in [0.25, 0.3) is 0 Å². The molecule has 1 aromatic carbocycles. The summed E-state index contributed by atoms with van der Waals surface area (Å²) in [5.74, 6) is -5.15. The van der Waals surface area contributed by atoms with Gasteiger partial charge in [-0.3, -0.25) is 9.59 Å². The number of aryl methyl sites for hydroxylation is 1. The Balaban J connectivity index is 2.01. The van der Waals surface area contributed by atoms with Crippen molar-refractivity contribution in [2.24, 2.45) is 0 Å². The molecule has 0 unspecified atom stereocenters. The lowest BCUT2D eigenvalue weighted by Gasteiger charge is -2.15. The van der Waals surface area contributed by atoms with E-state index in [0.717, 1.165) is 11.0 Å². The van der Waals surface area contributed by atoms with Crippen LogP contribution in [-0.2, 0) is 11.2 Å². The van der Waals surface area contributed by atoms with E-state index >= 15 is 0 Å². The van der Waals surface area contributed by atoms with Gasteiger partial charge in [0, 0.05) is 13.5 Å². The van der Waals surface area contributed by atoms with Crippen molar-refractivity contribution in [3.8, 4) is 0 Å². The molecule has 5 nitrogen and oxygen atoms in total. The Labute approximate surface area is 136 Å². The summed E-state index contributed by atoms with van der Waals surface area (Å²) in [6.07, 6.45) is 0.618. The Morgan fingerprint density at radius 3 is 2.46 bits per heavy atom. The van der Waals surface area contributed by atoms with Crippen molar-refractivity contribution in [3.63, 3.8) is 0 Å². The first-order chi connectivity index (χ1) is 11.3. The predicted molar refractivity (Wildman–Crippen MR) is 80.0 cm³/mol.